The maximum atomic E-state index is 13.2. The Kier molecular flexibility index (Phi) is 8.88. The number of amides is 1. The summed E-state index contributed by atoms with van der Waals surface area (Å²) in [4.78, 5) is 37.4. The summed E-state index contributed by atoms with van der Waals surface area (Å²) in [6.07, 6.45) is 3.53. The van der Waals surface area contributed by atoms with E-state index in [1.807, 2.05) is 54.6 Å². The van der Waals surface area contributed by atoms with Crippen molar-refractivity contribution in [2.24, 2.45) is 0 Å². The van der Waals surface area contributed by atoms with Crippen molar-refractivity contribution in [3.63, 3.8) is 0 Å². The lowest BCUT2D eigenvalue weighted by Gasteiger charge is -2.17. The molecule has 0 aliphatic heterocycles. The van der Waals surface area contributed by atoms with Crippen LogP contribution in [0.5, 0.6) is 5.75 Å². The van der Waals surface area contributed by atoms with Crippen LogP contribution < -0.4 is 10.1 Å². The molecule has 34 heavy (non-hydrogen) atoms. The van der Waals surface area contributed by atoms with Gasteiger partial charge in [0.2, 0.25) is 5.91 Å². The molecule has 0 bridgehead atoms. The van der Waals surface area contributed by atoms with Crippen molar-refractivity contribution in [3.8, 4) is 5.75 Å². The lowest BCUT2D eigenvalue weighted by molar-refractivity contribution is -0.125. The Morgan fingerprint density at radius 3 is 2.18 bits per heavy atom. The van der Waals surface area contributed by atoms with Gasteiger partial charge in [-0.15, -0.1) is 0 Å². The Balaban J connectivity index is 1.73. The van der Waals surface area contributed by atoms with Crippen LogP contribution in [0.4, 0.5) is 0 Å². The standard InChI is InChI=1S/C28H27NO5/c1-34-24-14-9-21(10-15-24)17-25(29-28(33)16-11-20-5-3-2-4-6-20)26(31)18-22-7-12-23(13-8-22)27(32)19-30/h2-16,25,30H,17-19H2,1H3,(H,29,33)/b16-11+/t25-/m0/s1. The first-order valence-electron chi connectivity index (χ1n) is 10.9. The van der Waals surface area contributed by atoms with Crippen LogP contribution in [0.1, 0.15) is 27.0 Å². The number of rotatable bonds is 11. The van der Waals surface area contributed by atoms with Crippen molar-refractivity contribution in [2.45, 2.75) is 18.9 Å². The minimum Gasteiger partial charge on any atom is -0.497 e. The van der Waals surface area contributed by atoms with E-state index < -0.39 is 12.6 Å². The Morgan fingerprint density at radius 2 is 1.56 bits per heavy atom. The van der Waals surface area contributed by atoms with Gasteiger partial charge in [-0.2, -0.15) is 0 Å². The maximum Gasteiger partial charge on any atom is 0.244 e. The van der Waals surface area contributed by atoms with Crippen LogP contribution in [0.2, 0.25) is 0 Å². The maximum absolute atomic E-state index is 13.2. The molecule has 1 atom stereocenters. The zero-order valence-corrected chi connectivity index (χ0v) is 18.9. The van der Waals surface area contributed by atoms with E-state index in [0.717, 1.165) is 11.1 Å². The summed E-state index contributed by atoms with van der Waals surface area (Å²) in [6, 6.07) is 22.6. The van der Waals surface area contributed by atoms with Gasteiger partial charge in [0, 0.05) is 18.1 Å². The number of ether oxygens (including phenoxy) is 1. The molecular formula is C28H27NO5. The third-order valence-corrected chi connectivity index (χ3v) is 5.33. The molecule has 0 aliphatic rings. The molecule has 0 saturated heterocycles. The molecule has 0 saturated carbocycles. The van der Waals surface area contributed by atoms with Gasteiger partial charge >= 0.3 is 0 Å². The van der Waals surface area contributed by atoms with Crippen molar-refractivity contribution in [2.75, 3.05) is 13.7 Å². The Bertz CT molecular complexity index is 1140. The summed E-state index contributed by atoms with van der Waals surface area (Å²) in [6.45, 7) is -0.565. The molecule has 6 heteroatoms. The van der Waals surface area contributed by atoms with E-state index in [-0.39, 0.29) is 23.9 Å². The zero-order valence-electron chi connectivity index (χ0n) is 18.9. The van der Waals surface area contributed by atoms with Crippen LogP contribution in [0.15, 0.2) is 84.9 Å². The first-order chi connectivity index (χ1) is 16.5. The molecule has 0 radical (unpaired) electrons. The van der Waals surface area contributed by atoms with E-state index in [1.54, 1.807) is 37.5 Å². The SMILES string of the molecule is COc1ccc(C[C@H](NC(=O)/C=C/c2ccccc2)C(=O)Cc2ccc(C(=O)CO)cc2)cc1. The van der Waals surface area contributed by atoms with Gasteiger partial charge in [-0.1, -0.05) is 66.7 Å². The van der Waals surface area contributed by atoms with Crippen molar-refractivity contribution in [1.29, 1.82) is 0 Å². The number of Topliss-reactive ketones (excluding diaryl/α,β-unsaturated/α-hetero) is 2. The van der Waals surface area contributed by atoms with Crippen molar-refractivity contribution in [1.82, 2.24) is 5.32 Å². The topological polar surface area (TPSA) is 92.7 Å². The van der Waals surface area contributed by atoms with E-state index in [4.69, 9.17) is 9.84 Å². The first-order valence-corrected chi connectivity index (χ1v) is 10.9. The Morgan fingerprint density at radius 1 is 0.912 bits per heavy atom. The van der Waals surface area contributed by atoms with Crippen LogP contribution in [0.3, 0.4) is 0 Å². The first kappa shape index (κ1) is 24.6. The third-order valence-electron chi connectivity index (χ3n) is 5.33. The fraction of sp³-hybridized carbons (Fsp3) is 0.179. The van der Waals surface area contributed by atoms with Gasteiger partial charge in [0.05, 0.1) is 13.2 Å². The third kappa shape index (κ3) is 7.25. The molecule has 0 aromatic heterocycles. The second-order valence-electron chi connectivity index (χ2n) is 7.78. The quantitative estimate of drug-likeness (QED) is 0.340. The highest BCUT2D eigenvalue weighted by atomic mass is 16.5. The molecule has 6 nitrogen and oxygen atoms in total. The fourth-order valence-electron chi connectivity index (χ4n) is 3.42. The normalized spacial score (nSPS) is 11.7. The van der Waals surface area contributed by atoms with E-state index in [2.05, 4.69) is 5.32 Å². The molecule has 0 unspecified atom stereocenters. The van der Waals surface area contributed by atoms with Gasteiger partial charge in [-0.25, -0.2) is 0 Å². The van der Waals surface area contributed by atoms with Gasteiger partial charge in [0.15, 0.2) is 11.6 Å². The average Bonchev–Trinajstić information content (AvgIpc) is 2.88. The molecule has 0 spiro atoms. The number of benzene rings is 3. The molecule has 3 rings (SSSR count). The molecule has 0 fully saturated rings. The van der Waals surface area contributed by atoms with Crippen LogP contribution >= 0.6 is 0 Å². The highest BCUT2D eigenvalue weighted by molar-refractivity contribution is 5.98. The second-order valence-corrected chi connectivity index (χ2v) is 7.78. The van der Waals surface area contributed by atoms with Gasteiger partial charge in [-0.05, 0) is 41.3 Å². The lowest BCUT2D eigenvalue weighted by Crippen LogP contribution is -2.42. The fourth-order valence-corrected chi connectivity index (χ4v) is 3.42. The smallest absolute Gasteiger partial charge is 0.244 e. The molecular weight excluding hydrogens is 430 g/mol. The summed E-state index contributed by atoms with van der Waals surface area (Å²) in [5.74, 6) is -0.190. The van der Waals surface area contributed by atoms with E-state index >= 15 is 0 Å². The predicted molar refractivity (Wildman–Crippen MR) is 131 cm³/mol. The number of ketones is 2. The summed E-state index contributed by atoms with van der Waals surface area (Å²) in [5.41, 5.74) is 2.87. The summed E-state index contributed by atoms with van der Waals surface area (Å²) < 4.78 is 5.19. The molecule has 0 heterocycles. The van der Waals surface area contributed by atoms with Crippen LogP contribution in [0.25, 0.3) is 6.08 Å². The zero-order chi connectivity index (χ0) is 24.3. The number of nitrogens with one attached hydrogen (secondary N) is 1. The van der Waals surface area contributed by atoms with Crippen molar-refractivity contribution < 1.29 is 24.2 Å². The number of methoxy groups -OCH3 is 1. The molecule has 1 amide bonds. The Labute approximate surface area is 198 Å². The van der Waals surface area contributed by atoms with Crippen LogP contribution in [-0.4, -0.2) is 42.3 Å². The Hall–Kier alpha value is -4.03. The van der Waals surface area contributed by atoms with Gasteiger partial charge in [-0.3, -0.25) is 14.4 Å². The molecule has 2 N–H and O–H groups in total. The molecule has 3 aromatic carbocycles. The van der Waals surface area contributed by atoms with E-state index in [0.29, 0.717) is 23.3 Å². The second kappa shape index (κ2) is 12.3. The lowest BCUT2D eigenvalue weighted by atomic mass is 9.96. The minimum absolute atomic E-state index is 0.0943. The van der Waals surface area contributed by atoms with Gasteiger partial charge in [0.1, 0.15) is 12.4 Å². The van der Waals surface area contributed by atoms with Crippen molar-refractivity contribution >= 4 is 23.5 Å². The summed E-state index contributed by atoms with van der Waals surface area (Å²) in [5, 5.41) is 11.8. The molecule has 174 valence electrons. The number of hydrogen-bond donors (Lipinski definition) is 2. The van der Waals surface area contributed by atoms with Gasteiger partial charge < -0.3 is 15.2 Å². The largest absolute Gasteiger partial charge is 0.497 e. The predicted octanol–water partition coefficient (Wildman–Crippen LogP) is 3.42. The van der Waals surface area contributed by atoms with Gasteiger partial charge in [0.25, 0.3) is 0 Å². The highest BCUT2D eigenvalue weighted by Crippen LogP contribution is 2.15. The monoisotopic (exact) mass is 457 g/mol. The average molecular weight is 458 g/mol. The van der Waals surface area contributed by atoms with E-state index in [1.165, 1.54) is 6.08 Å². The number of hydrogen-bond acceptors (Lipinski definition) is 5. The summed E-state index contributed by atoms with van der Waals surface area (Å²) in [7, 11) is 1.58. The van der Waals surface area contributed by atoms with Crippen molar-refractivity contribution in [3.05, 3.63) is 107 Å². The number of aliphatic hydroxyl groups excluding tert-OH is 1. The number of carbonyl (C=O) groups excluding carboxylic acids is 3. The minimum atomic E-state index is -0.736. The summed E-state index contributed by atoms with van der Waals surface area (Å²) >= 11 is 0. The number of carbonyl (C=O) groups is 3. The van der Waals surface area contributed by atoms with Crippen LogP contribution in [-0.2, 0) is 22.4 Å². The highest BCUT2D eigenvalue weighted by Gasteiger charge is 2.21. The van der Waals surface area contributed by atoms with Crippen LogP contribution in [0, 0.1) is 0 Å². The molecule has 0 aliphatic carbocycles. The molecule has 3 aromatic rings. The number of aliphatic hydroxyl groups is 1. The van der Waals surface area contributed by atoms with E-state index in [9.17, 15) is 14.4 Å².